The number of carbonyl (C=O) groups is 3. The Hall–Kier alpha value is -3.55. The fourth-order valence-corrected chi connectivity index (χ4v) is 2.08. The van der Waals surface area contributed by atoms with Crippen molar-refractivity contribution in [2.75, 3.05) is 32.0 Å². The van der Waals surface area contributed by atoms with Crippen molar-refractivity contribution in [2.45, 2.75) is 0 Å². The summed E-state index contributed by atoms with van der Waals surface area (Å²) in [5.41, 5.74) is 1.02. The Morgan fingerprint density at radius 1 is 0.808 bits per heavy atom. The van der Waals surface area contributed by atoms with Gasteiger partial charge in [0.25, 0.3) is 0 Å². The molecule has 2 N–H and O–H groups in total. The highest BCUT2D eigenvalue weighted by Gasteiger charge is 2.17. The molecule has 0 spiro atoms. The average molecular weight is 358 g/mol. The number of benzene rings is 2. The maximum Gasteiger partial charge on any atom is 0.337 e. The van der Waals surface area contributed by atoms with Gasteiger partial charge in [-0.25, -0.2) is 4.79 Å². The highest BCUT2D eigenvalue weighted by Crippen LogP contribution is 2.28. The zero-order valence-corrected chi connectivity index (χ0v) is 14.5. The fourth-order valence-electron chi connectivity index (χ4n) is 2.08. The second-order valence-electron chi connectivity index (χ2n) is 5.04. The van der Waals surface area contributed by atoms with Crippen LogP contribution in [-0.2, 0) is 14.3 Å². The Balaban J connectivity index is 2.04. The standard InChI is InChI=1S/C18H18N2O6/c1-24-13-8-9-14(15(10-13)25-2)20-17(22)16(21)19-12-6-4-11(5-7-12)18(23)26-3/h4-10H,1-3H3,(H,19,21)(H,20,22). The smallest absolute Gasteiger partial charge is 0.337 e. The zero-order chi connectivity index (χ0) is 19.1. The van der Waals surface area contributed by atoms with Crippen LogP contribution in [0.5, 0.6) is 11.5 Å². The lowest BCUT2D eigenvalue weighted by molar-refractivity contribution is -0.133. The SMILES string of the molecule is COC(=O)c1ccc(NC(=O)C(=O)Nc2ccc(OC)cc2OC)cc1. The molecular formula is C18H18N2O6. The molecule has 0 atom stereocenters. The van der Waals surface area contributed by atoms with E-state index in [1.165, 1.54) is 45.6 Å². The molecule has 0 aliphatic heterocycles. The van der Waals surface area contributed by atoms with Crippen LogP contribution in [0.15, 0.2) is 42.5 Å². The van der Waals surface area contributed by atoms with Crippen LogP contribution in [0, 0.1) is 0 Å². The fraction of sp³-hybridized carbons (Fsp3) is 0.167. The van der Waals surface area contributed by atoms with Crippen molar-refractivity contribution in [3.05, 3.63) is 48.0 Å². The number of nitrogens with one attached hydrogen (secondary N) is 2. The lowest BCUT2D eigenvalue weighted by Crippen LogP contribution is -2.29. The van der Waals surface area contributed by atoms with Gasteiger partial charge < -0.3 is 24.8 Å². The Kier molecular flexibility index (Phi) is 6.15. The molecule has 0 saturated carbocycles. The summed E-state index contributed by atoms with van der Waals surface area (Å²) in [4.78, 5) is 35.5. The second kappa shape index (κ2) is 8.52. The van der Waals surface area contributed by atoms with Crippen LogP contribution in [0.4, 0.5) is 11.4 Å². The summed E-state index contributed by atoms with van der Waals surface area (Å²) < 4.78 is 14.8. The Bertz CT molecular complexity index is 817. The maximum absolute atomic E-state index is 12.1. The normalized spacial score (nSPS) is 9.81. The van der Waals surface area contributed by atoms with Crippen LogP contribution in [0.3, 0.4) is 0 Å². The number of esters is 1. The number of anilines is 2. The molecule has 0 unspecified atom stereocenters. The van der Waals surface area contributed by atoms with Crippen molar-refractivity contribution in [2.24, 2.45) is 0 Å². The summed E-state index contributed by atoms with van der Waals surface area (Å²) in [7, 11) is 4.22. The van der Waals surface area contributed by atoms with Crippen molar-refractivity contribution in [3.8, 4) is 11.5 Å². The van der Waals surface area contributed by atoms with Gasteiger partial charge in [-0.15, -0.1) is 0 Å². The molecule has 0 saturated heterocycles. The lowest BCUT2D eigenvalue weighted by atomic mass is 10.2. The van der Waals surface area contributed by atoms with Gasteiger partial charge in [0.2, 0.25) is 0 Å². The van der Waals surface area contributed by atoms with Crippen LogP contribution in [-0.4, -0.2) is 39.1 Å². The van der Waals surface area contributed by atoms with Gasteiger partial charge in [0.15, 0.2) is 0 Å². The van der Waals surface area contributed by atoms with E-state index in [-0.39, 0.29) is 0 Å². The molecule has 2 aromatic rings. The topological polar surface area (TPSA) is 103 Å². The molecule has 0 aliphatic rings. The number of hydrogen-bond donors (Lipinski definition) is 2. The van der Waals surface area contributed by atoms with Crippen LogP contribution in [0.1, 0.15) is 10.4 Å². The number of amides is 2. The molecule has 2 aromatic carbocycles. The first-order chi connectivity index (χ1) is 12.5. The van der Waals surface area contributed by atoms with Crippen LogP contribution in [0.25, 0.3) is 0 Å². The molecule has 0 bridgehead atoms. The van der Waals surface area contributed by atoms with E-state index in [4.69, 9.17) is 9.47 Å². The number of carbonyl (C=O) groups excluding carboxylic acids is 3. The largest absolute Gasteiger partial charge is 0.497 e. The van der Waals surface area contributed by atoms with E-state index >= 15 is 0 Å². The minimum Gasteiger partial charge on any atom is -0.497 e. The van der Waals surface area contributed by atoms with Crippen molar-refractivity contribution in [1.29, 1.82) is 0 Å². The van der Waals surface area contributed by atoms with Gasteiger partial charge >= 0.3 is 17.8 Å². The van der Waals surface area contributed by atoms with Crippen molar-refractivity contribution < 1.29 is 28.6 Å². The first-order valence-corrected chi connectivity index (χ1v) is 7.51. The monoisotopic (exact) mass is 358 g/mol. The molecule has 0 radical (unpaired) electrons. The third-order valence-corrected chi connectivity index (χ3v) is 3.43. The first kappa shape index (κ1) is 18.8. The highest BCUT2D eigenvalue weighted by atomic mass is 16.5. The Labute approximate surface area is 150 Å². The number of ether oxygens (including phenoxy) is 3. The molecular weight excluding hydrogens is 340 g/mol. The lowest BCUT2D eigenvalue weighted by Gasteiger charge is -2.11. The maximum atomic E-state index is 12.1. The highest BCUT2D eigenvalue weighted by molar-refractivity contribution is 6.43. The van der Waals surface area contributed by atoms with E-state index in [2.05, 4.69) is 15.4 Å². The minimum atomic E-state index is -0.870. The van der Waals surface area contributed by atoms with Gasteiger partial charge in [-0.2, -0.15) is 0 Å². The number of rotatable bonds is 5. The molecule has 2 amide bonds. The minimum absolute atomic E-state index is 0.328. The zero-order valence-electron chi connectivity index (χ0n) is 14.5. The predicted molar refractivity (Wildman–Crippen MR) is 94.6 cm³/mol. The van der Waals surface area contributed by atoms with E-state index in [0.29, 0.717) is 28.4 Å². The summed E-state index contributed by atoms with van der Waals surface area (Å²) in [6.45, 7) is 0. The average Bonchev–Trinajstić information content (AvgIpc) is 2.68. The van der Waals surface area contributed by atoms with Gasteiger partial charge in [-0.05, 0) is 36.4 Å². The van der Waals surface area contributed by atoms with Crippen LogP contribution in [0.2, 0.25) is 0 Å². The molecule has 2 rings (SSSR count). The van der Waals surface area contributed by atoms with Gasteiger partial charge in [0, 0.05) is 11.8 Å². The van der Waals surface area contributed by atoms with Crippen LogP contribution >= 0.6 is 0 Å². The van der Waals surface area contributed by atoms with E-state index < -0.39 is 17.8 Å². The summed E-state index contributed by atoms with van der Waals surface area (Å²) in [5, 5.41) is 4.90. The summed E-state index contributed by atoms with van der Waals surface area (Å²) in [5.74, 6) is -1.32. The second-order valence-corrected chi connectivity index (χ2v) is 5.04. The third kappa shape index (κ3) is 4.50. The molecule has 0 aliphatic carbocycles. The van der Waals surface area contributed by atoms with Gasteiger partial charge in [-0.3, -0.25) is 9.59 Å². The number of hydrogen-bond acceptors (Lipinski definition) is 6. The Morgan fingerprint density at radius 3 is 2.04 bits per heavy atom. The van der Waals surface area contributed by atoms with Crippen LogP contribution < -0.4 is 20.1 Å². The first-order valence-electron chi connectivity index (χ1n) is 7.51. The third-order valence-electron chi connectivity index (χ3n) is 3.43. The van der Waals surface area contributed by atoms with E-state index in [1.807, 2.05) is 0 Å². The molecule has 0 heterocycles. The molecule has 26 heavy (non-hydrogen) atoms. The quantitative estimate of drug-likeness (QED) is 0.626. The van der Waals surface area contributed by atoms with E-state index in [1.54, 1.807) is 18.2 Å². The Morgan fingerprint density at radius 2 is 1.46 bits per heavy atom. The predicted octanol–water partition coefficient (Wildman–Crippen LogP) is 2.07. The van der Waals surface area contributed by atoms with Crippen molar-refractivity contribution in [1.82, 2.24) is 0 Å². The molecule has 136 valence electrons. The van der Waals surface area contributed by atoms with Crippen molar-refractivity contribution in [3.63, 3.8) is 0 Å². The number of methoxy groups -OCH3 is 3. The van der Waals surface area contributed by atoms with Crippen molar-refractivity contribution >= 4 is 29.2 Å². The molecule has 0 fully saturated rings. The van der Waals surface area contributed by atoms with Gasteiger partial charge in [-0.1, -0.05) is 0 Å². The van der Waals surface area contributed by atoms with E-state index in [9.17, 15) is 14.4 Å². The molecule has 8 heteroatoms. The van der Waals surface area contributed by atoms with Gasteiger partial charge in [0.1, 0.15) is 11.5 Å². The summed E-state index contributed by atoms with van der Waals surface area (Å²) >= 11 is 0. The summed E-state index contributed by atoms with van der Waals surface area (Å²) in [6.07, 6.45) is 0. The van der Waals surface area contributed by atoms with E-state index in [0.717, 1.165) is 0 Å². The van der Waals surface area contributed by atoms with Gasteiger partial charge in [0.05, 0.1) is 32.6 Å². The molecule has 8 nitrogen and oxygen atoms in total. The molecule has 0 aromatic heterocycles. The summed E-state index contributed by atoms with van der Waals surface area (Å²) in [6, 6.07) is 10.7.